The summed E-state index contributed by atoms with van der Waals surface area (Å²) in [5.74, 6) is 0.802. The fourth-order valence-electron chi connectivity index (χ4n) is 7.20. The number of esters is 1. The van der Waals surface area contributed by atoms with E-state index in [0.29, 0.717) is 37.1 Å². The number of rotatable bonds is 23. The van der Waals surface area contributed by atoms with Gasteiger partial charge < -0.3 is 32.8 Å². The molecule has 0 unspecified atom stereocenters. The van der Waals surface area contributed by atoms with Crippen molar-refractivity contribution in [2.75, 3.05) is 55.0 Å². The normalized spacial score (nSPS) is 23.9. The third-order valence-corrected chi connectivity index (χ3v) is 16.4. The molecule has 0 aromatic heterocycles. The van der Waals surface area contributed by atoms with Crippen molar-refractivity contribution in [3.63, 3.8) is 0 Å². The fourth-order valence-corrected chi connectivity index (χ4v) is 9.00. The molecule has 0 spiro atoms. The Morgan fingerprint density at radius 3 is 2.40 bits per heavy atom. The van der Waals surface area contributed by atoms with Crippen molar-refractivity contribution < 1.29 is 47.3 Å². The highest BCUT2D eigenvalue weighted by atomic mass is 79.9. The van der Waals surface area contributed by atoms with Crippen molar-refractivity contribution in [1.29, 1.82) is 0 Å². The van der Waals surface area contributed by atoms with Crippen molar-refractivity contribution in [3.8, 4) is 5.75 Å². The van der Waals surface area contributed by atoms with Gasteiger partial charge in [-0.2, -0.15) is 0 Å². The van der Waals surface area contributed by atoms with E-state index >= 15 is 0 Å². The molecule has 0 saturated heterocycles. The first-order chi connectivity index (χ1) is 26.0. The van der Waals surface area contributed by atoms with Crippen LogP contribution in [0.3, 0.4) is 0 Å². The summed E-state index contributed by atoms with van der Waals surface area (Å²) in [6.45, 7) is 18.5. The summed E-state index contributed by atoms with van der Waals surface area (Å²) < 4.78 is 42.0. The quantitative estimate of drug-likeness (QED) is 0.0203. The zero-order valence-corrected chi connectivity index (χ0v) is 37.3. The molecule has 0 heterocycles. The van der Waals surface area contributed by atoms with Gasteiger partial charge in [-0.1, -0.05) is 70.7 Å². The molecule has 13 heteroatoms. The smallest absolute Gasteiger partial charge is 0.345 e. The number of methoxy groups -OCH3 is 2. The van der Waals surface area contributed by atoms with E-state index in [9.17, 15) is 9.59 Å². The van der Waals surface area contributed by atoms with Crippen LogP contribution in [-0.4, -0.2) is 98.6 Å². The molecule has 11 nitrogen and oxygen atoms in total. The lowest BCUT2D eigenvalue weighted by Crippen LogP contribution is -2.46. The number of ether oxygens (including phenoxy) is 6. The minimum absolute atomic E-state index is 0.00523. The monoisotopic (exact) mass is 851 g/mol. The molecule has 0 radical (unpaired) electrons. The summed E-state index contributed by atoms with van der Waals surface area (Å²) in [5, 5.41) is 1.16. The zero-order valence-electron chi connectivity index (χ0n) is 34.7. The van der Waals surface area contributed by atoms with Crippen LogP contribution in [0.5, 0.6) is 5.75 Å². The maximum Gasteiger partial charge on any atom is 0.345 e. The van der Waals surface area contributed by atoms with Crippen LogP contribution in [0.2, 0.25) is 18.1 Å². The van der Waals surface area contributed by atoms with Crippen LogP contribution in [0.15, 0.2) is 59.6 Å². The summed E-state index contributed by atoms with van der Waals surface area (Å²) in [4.78, 5) is 31.4. The number of hydroxylamine groups is 2. The molecule has 1 saturated carbocycles. The van der Waals surface area contributed by atoms with E-state index in [1.54, 1.807) is 27.3 Å². The Kier molecular flexibility index (Phi) is 19.3. The lowest BCUT2D eigenvalue weighted by atomic mass is 9.69. The number of carbonyl (C=O) groups is 2. The molecule has 2 aliphatic rings. The average molecular weight is 853 g/mol. The molecule has 1 amide bonds. The standard InChI is InChI=1S/C42H66BrNO10Si/c1-12-19-51-41(46)38(43)26-36-31(15-18-35-37(36)22-29(2)40(35)52-27-30-13-16-32(48-8)17-14-30)23-34(54-55(10,11)42(3,4)5)24-33(25-39(45)44(6)49-9)53-28-50-21-20-47-7/h12-18,26,29,31,33-37,40H,1,19-25,27-28H2,2-11H3/b38-26+/t29-,31+,33+,34+,35-,36-,37-,40-/m1/s1. The number of nitrogens with zero attached hydrogens (tertiary/aromatic N) is 1. The topological polar surface area (TPSA) is 111 Å². The lowest BCUT2D eigenvalue weighted by Gasteiger charge is -2.43. The molecule has 1 fully saturated rings. The van der Waals surface area contributed by atoms with E-state index in [0.717, 1.165) is 17.7 Å². The SMILES string of the molecule is C=CCOC(=O)/C(Br)=C\[C@H]1[C@@H]2C[C@@H](C)[C@@H](OCc3ccc(OC)cc3)[C@@H]2C=C[C@H]1C[C@@H](C[C@@H](CC(=O)N(C)OC)OCOCCOC)O[Si](C)(C)C(C)(C)C. The summed E-state index contributed by atoms with van der Waals surface area (Å²) in [6.07, 6.45) is 9.58. The van der Waals surface area contributed by atoms with E-state index in [1.807, 2.05) is 30.3 Å². The van der Waals surface area contributed by atoms with Crippen molar-refractivity contribution in [3.05, 3.63) is 65.2 Å². The number of halogens is 1. The largest absolute Gasteiger partial charge is 0.497 e. The van der Waals surface area contributed by atoms with Gasteiger partial charge in [-0.05, 0) is 94.7 Å². The molecule has 0 N–H and O–H groups in total. The Morgan fingerprint density at radius 1 is 1.07 bits per heavy atom. The maximum atomic E-state index is 13.1. The number of hydrogen-bond acceptors (Lipinski definition) is 10. The van der Waals surface area contributed by atoms with Crippen LogP contribution in [0.4, 0.5) is 0 Å². The summed E-state index contributed by atoms with van der Waals surface area (Å²) in [7, 11) is 4.02. The van der Waals surface area contributed by atoms with Crippen LogP contribution in [-0.2, 0) is 49.1 Å². The van der Waals surface area contributed by atoms with Crippen LogP contribution >= 0.6 is 15.9 Å². The second kappa shape index (κ2) is 22.5. The number of allylic oxidation sites excluding steroid dienone is 2. The molecule has 0 bridgehead atoms. The zero-order chi connectivity index (χ0) is 40.8. The minimum Gasteiger partial charge on any atom is -0.497 e. The van der Waals surface area contributed by atoms with Gasteiger partial charge in [-0.15, -0.1) is 0 Å². The van der Waals surface area contributed by atoms with Gasteiger partial charge in [0.05, 0.1) is 57.2 Å². The van der Waals surface area contributed by atoms with E-state index in [4.69, 9.17) is 37.7 Å². The summed E-state index contributed by atoms with van der Waals surface area (Å²) in [6, 6.07) is 7.97. The first-order valence-electron chi connectivity index (χ1n) is 19.3. The molecule has 55 heavy (non-hydrogen) atoms. The molecule has 1 aromatic carbocycles. The van der Waals surface area contributed by atoms with E-state index in [1.165, 1.54) is 12.2 Å². The van der Waals surface area contributed by atoms with Gasteiger partial charge in [0.1, 0.15) is 19.1 Å². The summed E-state index contributed by atoms with van der Waals surface area (Å²) in [5.41, 5.74) is 1.08. The number of hydrogen-bond donors (Lipinski definition) is 0. The second-order valence-electron chi connectivity index (χ2n) is 16.2. The van der Waals surface area contributed by atoms with Crippen LogP contribution in [0.25, 0.3) is 0 Å². The Bertz CT molecular complexity index is 1410. The average Bonchev–Trinajstić information content (AvgIpc) is 3.47. The Morgan fingerprint density at radius 2 is 1.78 bits per heavy atom. The van der Waals surface area contributed by atoms with Crippen molar-refractivity contribution >= 4 is 36.1 Å². The third kappa shape index (κ3) is 14.2. The lowest BCUT2D eigenvalue weighted by molar-refractivity contribution is -0.175. The summed E-state index contributed by atoms with van der Waals surface area (Å²) >= 11 is 3.58. The highest BCUT2D eigenvalue weighted by molar-refractivity contribution is 9.12. The number of amides is 1. The van der Waals surface area contributed by atoms with Gasteiger partial charge in [0.15, 0.2) is 8.32 Å². The van der Waals surface area contributed by atoms with Gasteiger partial charge in [0, 0.05) is 26.2 Å². The third-order valence-electron chi connectivity index (χ3n) is 11.3. The van der Waals surface area contributed by atoms with Crippen LogP contribution in [0.1, 0.15) is 58.9 Å². The first kappa shape index (κ1) is 47.0. The molecule has 1 aromatic rings. The predicted octanol–water partition coefficient (Wildman–Crippen LogP) is 8.25. The van der Waals surface area contributed by atoms with Crippen molar-refractivity contribution in [1.82, 2.24) is 5.06 Å². The molecular weight excluding hydrogens is 786 g/mol. The molecule has 2 aliphatic carbocycles. The van der Waals surface area contributed by atoms with Gasteiger partial charge in [0.2, 0.25) is 5.91 Å². The molecule has 0 aliphatic heterocycles. The van der Waals surface area contributed by atoms with Gasteiger partial charge in [0.25, 0.3) is 0 Å². The first-order valence-corrected chi connectivity index (χ1v) is 23.0. The van der Waals surface area contributed by atoms with E-state index in [2.05, 4.69) is 75.4 Å². The van der Waals surface area contributed by atoms with Crippen LogP contribution in [0, 0.1) is 29.6 Å². The Balaban J connectivity index is 1.98. The Labute approximate surface area is 339 Å². The Hall–Kier alpha value is -2.36. The maximum absolute atomic E-state index is 13.1. The highest BCUT2D eigenvalue weighted by Crippen LogP contribution is 2.51. The van der Waals surface area contributed by atoms with Crippen LogP contribution < -0.4 is 4.74 Å². The number of benzene rings is 1. The highest BCUT2D eigenvalue weighted by Gasteiger charge is 2.48. The predicted molar refractivity (Wildman–Crippen MR) is 220 cm³/mol. The van der Waals surface area contributed by atoms with E-state index < -0.39 is 20.4 Å². The second-order valence-corrected chi connectivity index (χ2v) is 21.8. The molecule has 8 atom stereocenters. The van der Waals surface area contributed by atoms with Gasteiger partial charge >= 0.3 is 5.97 Å². The fraction of sp³-hybridized carbons (Fsp3) is 0.667. The van der Waals surface area contributed by atoms with Crippen molar-refractivity contribution in [2.45, 2.75) is 96.4 Å². The van der Waals surface area contributed by atoms with Gasteiger partial charge in [-0.25, -0.2) is 9.86 Å². The van der Waals surface area contributed by atoms with Gasteiger partial charge in [-0.3, -0.25) is 9.63 Å². The molecule has 3 rings (SSSR count). The van der Waals surface area contributed by atoms with E-state index in [-0.39, 0.29) is 72.6 Å². The van der Waals surface area contributed by atoms with Crippen molar-refractivity contribution in [2.24, 2.45) is 29.6 Å². The minimum atomic E-state index is -2.30. The number of fused-ring (bicyclic) bond motifs is 1. The molecular formula is C42H66BrNO10Si. The number of carbonyl (C=O) groups excluding carboxylic acids is 2. The molecule has 310 valence electrons.